The number of hydrogen-bond donors (Lipinski definition) is 0. The maximum Gasteiger partial charge on any atom is 0.241 e. The highest BCUT2D eigenvalue weighted by Crippen LogP contribution is 2.06. The van der Waals surface area contributed by atoms with Crippen LogP contribution in [0.5, 0.6) is 0 Å². The van der Waals surface area contributed by atoms with Gasteiger partial charge in [-0.3, -0.25) is 15.1 Å². The molecule has 0 amide bonds. The van der Waals surface area contributed by atoms with Gasteiger partial charge in [-0.25, -0.2) is 4.98 Å². The van der Waals surface area contributed by atoms with E-state index in [9.17, 15) is 10.1 Å². The zero-order chi connectivity index (χ0) is 14.3. The SMILES string of the molecule is CN(C)CCN=C(Cc1ccc(Cl)nc1)C[N+](=O)[O-]. The molecule has 1 rings (SSSR count). The minimum absolute atomic E-state index is 0.240. The Hall–Kier alpha value is -1.53. The largest absolute Gasteiger partial charge is 0.308 e. The highest BCUT2D eigenvalue weighted by atomic mass is 35.5. The quantitative estimate of drug-likeness (QED) is 0.330. The molecule has 104 valence electrons. The van der Waals surface area contributed by atoms with E-state index < -0.39 is 0 Å². The van der Waals surface area contributed by atoms with Gasteiger partial charge in [0, 0.05) is 24.1 Å². The van der Waals surface area contributed by atoms with Crippen LogP contribution in [0.2, 0.25) is 5.15 Å². The van der Waals surface area contributed by atoms with Gasteiger partial charge in [0.2, 0.25) is 6.54 Å². The molecule has 7 heteroatoms. The van der Waals surface area contributed by atoms with E-state index in [0.29, 0.717) is 23.8 Å². The molecule has 0 saturated carbocycles. The van der Waals surface area contributed by atoms with Gasteiger partial charge in [-0.1, -0.05) is 17.7 Å². The van der Waals surface area contributed by atoms with Crippen molar-refractivity contribution in [1.82, 2.24) is 9.88 Å². The minimum Gasteiger partial charge on any atom is -0.308 e. The summed E-state index contributed by atoms with van der Waals surface area (Å²) in [5, 5.41) is 11.0. The van der Waals surface area contributed by atoms with Crippen molar-refractivity contribution in [3.05, 3.63) is 39.2 Å². The second kappa shape index (κ2) is 7.81. The summed E-state index contributed by atoms with van der Waals surface area (Å²) in [4.78, 5) is 20.5. The summed E-state index contributed by atoms with van der Waals surface area (Å²) in [6, 6.07) is 3.47. The molecule has 19 heavy (non-hydrogen) atoms. The molecule has 1 aromatic rings. The van der Waals surface area contributed by atoms with E-state index in [1.165, 1.54) is 0 Å². The third-order valence-electron chi connectivity index (χ3n) is 2.39. The Morgan fingerprint density at radius 3 is 2.79 bits per heavy atom. The van der Waals surface area contributed by atoms with Crippen molar-refractivity contribution in [2.75, 3.05) is 33.7 Å². The second-order valence-electron chi connectivity index (χ2n) is 4.41. The third kappa shape index (κ3) is 6.83. The molecular weight excluding hydrogens is 268 g/mol. The molecule has 0 unspecified atom stereocenters. The molecule has 0 atom stereocenters. The van der Waals surface area contributed by atoms with E-state index in [1.807, 2.05) is 19.0 Å². The van der Waals surface area contributed by atoms with Crippen molar-refractivity contribution in [3.63, 3.8) is 0 Å². The summed E-state index contributed by atoms with van der Waals surface area (Å²) in [7, 11) is 3.87. The summed E-state index contributed by atoms with van der Waals surface area (Å²) >= 11 is 5.70. The van der Waals surface area contributed by atoms with Gasteiger partial charge in [0.15, 0.2) is 0 Å². The molecule has 0 bridgehead atoms. The van der Waals surface area contributed by atoms with Crippen LogP contribution in [0.15, 0.2) is 23.3 Å². The van der Waals surface area contributed by atoms with Crippen molar-refractivity contribution < 1.29 is 4.92 Å². The topological polar surface area (TPSA) is 71.6 Å². The van der Waals surface area contributed by atoms with E-state index in [1.54, 1.807) is 18.3 Å². The molecule has 1 heterocycles. The Morgan fingerprint density at radius 1 is 1.53 bits per heavy atom. The first-order valence-electron chi connectivity index (χ1n) is 5.86. The first kappa shape index (κ1) is 15.5. The first-order valence-corrected chi connectivity index (χ1v) is 6.24. The summed E-state index contributed by atoms with van der Waals surface area (Å²) in [6.45, 7) is 1.08. The number of aromatic nitrogens is 1. The average Bonchev–Trinajstić information content (AvgIpc) is 2.30. The highest BCUT2D eigenvalue weighted by Gasteiger charge is 2.09. The van der Waals surface area contributed by atoms with Crippen LogP contribution >= 0.6 is 11.6 Å². The first-order chi connectivity index (χ1) is 8.97. The number of aliphatic imine (C=N–C) groups is 1. The molecule has 0 radical (unpaired) electrons. The zero-order valence-corrected chi connectivity index (χ0v) is 11.8. The Bertz CT molecular complexity index is 446. The van der Waals surface area contributed by atoms with Crippen LogP contribution in [-0.2, 0) is 6.42 Å². The smallest absolute Gasteiger partial charge is 0.241 e. The molecule has 1 aromatic heterocycles. The predicted octanol–water partition coefficient (Wildman–Crippen LogP) is 1.56. The monoisotopic (exact) mass is 284 g/mol. The number of pyridine rings is 1. The minimum atomic E-state index is -0.363. The fourth-order valence-corrected chi connectivity index (χ4v) is 1.58. The molecular formula is C12H17ClN4O2. The zero-order valence-electron chi connectivity index (χ0n) is 11.0. The van der Waals surface area contributed by atoms with Gasteiger partial charge in [-0.2, -0.15) is 0 Å². The summed E-state index contributed by atoms with van der Waals surface area (Å²) in [5.74, 6) is 0. The number of halogens is 1. The number of hydrogen-bond acceptors (Lipinski definition) is 5. The van der Waals surface area contributed by atoms with Crippen LogP contribution in [0.3, 0.4) is 0 Å². The van der Waals surface area contributed by atoms with E-state index >= 15 is 0 Å². The third-order valence-corrected chi connectivity index (χ3v) is 2.61. The van der Waals surface area contributed by atoms with Gasteiger partial charge in [-0.05, 0) is 25.7 Å². The predicted molar refractivity (Wildman–Crippen MR) is 75.7 cm³/mol. The normalized spacial score (nSPS) is 11.9. The Balaban J connectivity index is 2.68. The fraction of sp³-hybridized carbons (Fsp3) is 0.500. The van der Waals surface area contributed by atoms with Crippen LogP contribution in [0.1, 0.15) is 5.56 Å². The molecule has 0 spiro atoms. The maximum atomic E-state index is 10.6. The van der Waals surface area contributed by atoms with Gasteiger partial charge < -0.3 is 4.90 Å². The summed E-state index contributed by atoms with van der Waals surface area (Å²) < 4.78 is 0. The Labute approximate surface area is 117 Å². The average molecular weight is 285 g/mol. The molecule has 6 nitrogen and oxygen atoms in total. The molecule has 0 aromatic carbocycles. The van der Waals surface area contributed by atoms with Crippen molar-refractivity contribution in [2.24, 2.45) is 4.99 Å². The number of nitrogens with zero attached hydrogens (tertiary/aromatic N) is 4. The summed E-state index contributed by atoms with van der Waals surface area (Å²) in [6.07, 6.45) is 2.04. The molecule has 0 fully saturated rings. The van der Waals surface area contributed by atoms with Gasteiger partial charge in [-0.15, -0.1) is 0 Å². The van der Waals surface area contributed by atoms with E-state index in [0.717, 1.165) is 12.1 Å². The standard InChI is InChI=1S/C12H17ClN4O2/c1-16(2)6-5-14-11(9-17(18)19)7-10-3-4-12(13)15-8-10/h3-4,8H,5-7,9H2,1-2H3. The van der Waals surface area contributed by atoms with E-state index in [-0.39, 0.29) is 11.5 Å². The van der Waals surface area contributed by atoms with Gasteiger partial charge in [0.25, 0.3) is 0 Å². The lowest BCUT2D eigenvalue weighted by molar-refractivity contribution is -0.463. The lowest BCUT2D eigenvalue weighted by atomic mass is 10.1. The number of likely N-dealkylation sites (N-methyl/N-ethyl adjacent to an activating group) is 1. The molecule has 0 N–H and O–H groups in total. The molecule has 0 aliphatic heterocycles. The fourth-order valence-electron chi connectivity index (χ4n) is 1.47. The van der Waals surface area contributed by atoms with Crippen LogP contribution < -0.4 is 0 Å². The highest BCUT2D eigenvalue weighted by molar-refractivity contribution is 6.29. The molecule has 0 aliphatic carbocycles. The second-order valence-corrected chi connectivity index (χ2v) is 4.80. The van der Waals surface area contributed by atoms with Crippen LogP contribution in [0, 0.1) is 10.1 Å². The van der Waals surface area contributed by atoms with Crippen LogP contribution in [0.25, 0.3) is 0 Å². The van der Waals surface area contributed by atoms with Crippen LogP contribution in [-0.4, -0.2) is 54.2 Å². The van der Waals surface area contributed by atoms with Gasteiger partial charge in [0.1, 0.15) is 5.15 Å². The van der Waals surface area contributed by atoms with E-state index in [2.05, 4.69) is 9.98 Å². The summed E-state index contributed by atoms with van der Waals surface area (Å²) in [5.41, 5.74) is 1.42. The molecule has 0 saturated heterocycles. The van der Waals surface area contributed by atoms with Gasteiger partial charge >= 0.3 is 0 Å². The Morgan fingerprint density at radius 2 is 2.26 bits per heavy atom. The number of rotatable bonds is 7. The number of nitro groups is 1. The van der Waals surface area contributed by atoms with Crippen LogP contribution in [0.4, 0.5) is 0 Å². The van der Waals surface area contributed by atoms with Crippen molar-refractivity contribution in [2.45, 2.75) is 6.42 Å². The lowest BCUT2D eigenvalue weighted by Crippen LogP contribution is -2.20. The maximum absolute atomic E-state index is 10.6. The van der Waals surface area contributed by atoms with Crippen molar-refractivity contribution in [1.29, 1.82) is 0 Å². The van der Waals surface area contributed by atoms with E-state index in [4.69, 9.17) is 11.6 Å². The Kier molecular flexibility index (Phi) is 6.38. The van der Waals surface area contributed by atoms with Crippen molar-refractivity contribution >= 4 is 17.3 Å². The van der Waals surface area contributed by atoms with Gasteiger partial charge in [0.05, 0.1) is 12.3 Å². The lowest BCUT2D eigenvalue weighted by Gasteiger charge is -2.07. The van der Waals surface area contributed by atoms with Crippen molar-refractivity contribution in [3.8, 4) is 0 Å². The molecule has 0 aliphatic rings.